The van der Waals surface area contributed by atoms with E-state index in [-0.39, 0.29) is 0 Å². The van der Waals surface area contributed by atoms with Gasteiger partial charge >= 0.3 is 0 Å². The number of nitrogens with one attached hydrogen (secondary N) is 1. The number of halogens is 1. The molecule has 0 unspecified atom stereocenters. The first-order chi connectivity index (χ1) is 7.33. The number of tetrazole rings is 1. The van der Waals surface area contributed by atoms with E-state index in [0.29, 0.717) is 16.8 Å². The molecular weight excluding hydrogens is 199 g/mol. The van der Waals surface area contributed by atoms with Crippen molar-refractivity contribution in [3.63, 3.8) is 0 Å². The van der Waals surface area contributed by atoms with Gasteiger partial charge in [-0.3, -0.25) is 0 Å². The van der Waals surface area contributed by atoms with Gasteiger partial charge in [-0.2, -0.15) is 9.60 Å². The first-order valence-electron chi connectivity index (χ1n) is 4.26. The summed E-state index contributed by atoms with van der Waals surface area (Å²) in [5, 5.41) is 14.1. The van der Waals surface area contributed by atoms with Gasteiger partial charge in [0, 0.05) is 17.0 Å². The first-order valence-corrected chi connectivity index (χ1v) is 4.26. The second-order valence-corrected chi connectivity index (χ2v) is 3.04. The van der Waals surface area contributed by atoms with E-state index in [2.05, 4.69) is 20.6 Å². The quantitative estimate of drug-likeness (QED) is 0.655. The molecule has 0 atom stereocenters. The van der Waals surface area contributed by atoms with E-state index < -0.39 is 6.01 Å². The van der Waals surface area contributed by atoms with Crippen LogP contribution < -0.4 is 0 Å². The van der Waals surface area contributed by atoms with Gasteiger partial charge in [-0.1, -0.05) is 12.1 Å². The third kappa shape index (κ3) is 1.26. The number of hydrogen-bond donors (Lipinski definition) is 1. The average Bonchev–Trinajstić information content (AvgIpc) is 2.82. The largest absolute Gasteiger partial charge is 0.431 e. The number of hydrogen-bond acceptors (Lipinski definition) is 4. The van der Waals surface area contributed by atoms with E-state index in [4.69, 9.17) is 4.42 Å². The van der Waals surface area contributed by atoms with Crippen LogP contribution in [0.15, 0.2) is 28.7 Å². The molecule has 3 rings (SSSR count). The summed E-state index contributed by atoms with van der Waals surface area (Å²) in [4.78, 5) is 0. The number of nitrogens with zero attached hydrogens (tertiary/aromatic N) is 3. The van der Waals surface area contributed by atoms with Gasteiger partial charge in [0.1, 0.15) is 5.58 Å². The second kappa shape index (κ2) is 2.88. The van der Waals surface area contributed by atoms with E-state index in [9.17, 15) is 4.39 Å². The van der Waals surface area contributed by atoms with Gasteiger partial charge in [0.15, 0.2) is 0 Å². The minimum absolute atomic E-state index is 0.453. The molecule has 0 saturated heterocycles. The Labute approximate surface area is 82.9 Å². The highest BCUT2D eigenvalue weighted by molar-refractivity contribution is 5.81. The molecule has 1 aromatic carbocycles. The highest BCUT2D eigenvalue weighted by Gasteiger charge is 2.07. The Morgan fingerprint density at radius 3 is 3.00 bits per heavy atom. The number of aromatic amines is 1. The molecule has 0 spiro atoms. The van der Waals surface area contributed by atoms with Gasteiger partial charge in [0.05, 0.1) is 0 Å². The zero-order valence-corrected chi connectivity index (χ0v) is 7.44. The summed E-state index contributed by atoms with van der Waals surface area (Å²) in [6.07, 6.45) is 0. The van der Waals surface area contributed by atoms with E-state index in [0.717, 1.165) is 5.56 Å². The fourth-order valence-corrected chi connectivity index (χ4v) is 1.42. The molecule has 74 valence electrons. The predicted octanol–water partition coefficient (Wildman–Crippen LogP) is 1.75. The fraction of sp³-hybridized carbons (Fsp3) is 0. The van der Waals surface area contributed by atoms with Crippen LogP contribution in [0.3, 0.4) is 0 Å². The molecule has 5 nitrogen and oxygen atoms in total. The van der Waals surface area contributed by atoms with E-state index >= 15 is 0 Å². The zero-order chi connectivity index (χ0) is 10.3. The van der Waals surface area contributed by atoms with Gasteiger partial charge < -0.3 is 4.42 Å². The van der Waals surface area contributed by atoms with Crippen LogP contribution in [0.2, 0.25) is 0 Å². The monoisotopic (exact) mass is 204 g/mol. The van der Waals surface area contributed by atoms with Crippen molar-refractivity contribution in [1.29, 1.82) is 0 Å². The number of benzene rings is 1. The minimum atomic E-state index is -0.602. The summed E-state index contributed by atoms with van der Waals surface area (Å²) in [7, 11) is 0. The van der Waals surface area contributed by atoms with Gasteiger partial charge in [0.25, 0.3) is 6.01 Å². The van der Waals surface area contributed by atoms with Crippen LogP contribution >= 0.6 is 0 Å². The maximum absolute atomic E-state index is 12.8. The van der Waals surface area contributed by atoms with Crippen molar-refractivity contribution in [3.05, 3.63) is 30.3 Å². The van der Waals surface area contributed by atoms with E-state index in [1.807, 2.05) is 0 Å². The maximum atomic E-state index is 12.8. The Morgan fingerprint density at radius 1 is 1.27 bits per heavy atom. The highest BCUT2D eigenvalue weighted by atomic mass is 19.1. The van der Waals surface area contributed by atoms with Crippen LogP contribution in [0.1, 0.15) is 0 Å². The summed E-state index contributed by atoms with van der Waals surface area (Å²) < 4.78 is 17.6. The lowest BCUT2D eigenvalue weighted by Crippen LogP contribution is -1.79. The Balaban J connectivity index is 2.21. The molecule has 0 aliphatic rings. The van der Waals surface area contributed by atoms with Crippen LogP contribution in [0.5, 0.6) is 0 Å². The van der Waals surface area contributed by atoms with Crippen molar-refractivity contribution in [3.8, 4) is 11.4 Å². The molecule has 0 saturated carbocycles. The highest BCUT2D eigenvalue weighted by Crippen LogP contribution is 2.23. The van der Waals surface area contributed by atoms with Crippen molar-refractivity contribution in [2.75, 3.05) is 0 Å². The molecule has 2 aromatic heterocycles. The molecule has 15 heavy (non-hydrogen) atoms. The molecule has 0 aliphatic carbocycles. The Morgan fingerprint density at radius 2 is 2.20 bits per heavy atom. The molecule has 0 bridgehead atoms. The lowest BCUT2D eigenvalue weighted by atomic mass is 10.1. The molecule has 0 aliphatic heterocycles. The number of furan rings is 1. The average molecular weight is 204 g/mol. The lowest BCUT2D eigenvalue weighted by molar-refractivity contribution is 0.381. The maximum Gasteiger partial charge on any atom is 0.278 e. The van der Waals surface area contributed by atoms with Crippen LogP contribution in [0.4, 0.5) is 4.39 Å². The number of rotatable bonds is 1. The molecule has 2 heterocycles. The summed E-state index contributed by atoms with van der Waals surface area (Å²) >= 11 is 0. The van der Waals surface area contributed by atoms with E-state index in [1.54, 1.807) is 18.2 Å². The molecule has 0 fully saturated rings. The summed E-state index contributed by atoms with van der Waals surface area (Å²) in [6.45, 7) is 0. The van der Waals surface area contributed by atoms with Crippen LogP contribution in [-0.4, -0.2) is 20.6 Å². The number of aromatic nitrogens is 4. The minimum Gasteiger partial charge on any atom is -0.431 e. The summed E-state index contributed by atoms with van der Waals surface area (Å²) in [5.74, 6) is 0.453. The normalized spacial score (nSPS) is 11.0. The summed E-state index contributed by atoms with van der Waals surface area (Å²) in [6, 6.07) is 5.92. The first kappa shape index (κ1) is 8.10. The smallest absolute Gasteiger partial charge is 0.278 e. The Kier molecular flexibility index (Phi) is 1.55. The van der Waals surface area contributed by atoms with E-state index in [1.165, 1.54) is 6.07 Å². The standard InChI is InChI=1S/C9H5FN4O/c10-8-4-5-1-2-6(3-7(5)15-8)9-11-13-14-12-9/h1-4H,(H,11,12,13,14). The van der Waals surface area contributed by atoms with Crippen LogP contribution in [0, 0.1) is 6.01 Å². The van der Waals surface area contributed by atoms with Crippen molar-refractivity contribution < 1.29 is 8.81 Å². The molecule has 6 heteroatoms. The lowest BCUT2D eigenvalue weighted by Gasteiger charge is -1.92. The van der Waals surface area contributed by atoms with Crippen molar-refractivity contribution in [2.24, 2.45) is 0 Å². The SMILES string of the molecule is Fc1cc2ccc(-c3nn[nH]n3)cc2o1. The second-order valence-electron chi connectivity index (χ2n) is 3.04. The van der Waals surface area contributed by atoms with Gasteiger partial charge in [-0.25, -0.2) is 0 Å². The van der Waals surface area contributed by atoms with Crippen molar-refractivity contribution in [2.45, 2.75) is 0 Å². The van der Waals surface area contributed by atoms with Gasteiger partial charge in [-0.05, 0) is 11.3 Å². The molecule has 0 amide bonds. The van der Waals surface area contributed by atoms with Crippen LogP contribution in [-0.2, 0) is 0 Å². The van der Waals surface area contributed by atoms with Crippen molar-refractivity contribution in [1.82, 2.24) is 20.6 Å². The molecule has 1 N–H and O–H groups in total. The number of fused-ring (bicyclic) bond motifs is 1. The van der Waals surface area contributed by atoms with Gasteiger partial charge in [-0.15, -0.1) is 10.2 Å². The van der Waals surface area contributed by atoms with Crippen LogP contribution in [0.25, 0.3) is 22.4 Å². The summed E-state index contributed by atoms with van der Waals surface area (Å²) in [5.41, 5.74) is 1.19. The number of H-pyrrole nitrogens is 1. The van der Waals surface area contributed by atoms with Crippen molar-refractivity contribution >= 4 is 11.0 Å². The Bertz CT molecular complexity index is 602. The fourth-order valence-electron chi connectivity index (χ4n) is 1.42. The zero-order valence-electron chi connectivity index (χ0n) is 7.44. The molecular formula is C9H5FN4O. The third-order valence-electron chi connectivity index (χ3n) is 2.09. The molecule has 3 aromatic rings. The third-order valence-corrected chi connectivity index (χ3v) is 2.09. The topological polar surface area (TPSA) is 67.6 Å². The van der Waals surface area contributed by atoms with Gasteiger partial charge in [0.2, 0.25) is 5.82 Å². The predicted molar refractivity (Wildman–Crippen MR) is 49.3 cm³/mol. The molecule has 0 radical (unpaired) electrons. The Hall–Kier alpha value is -2.24.